The van der Waals surface area contributed by atoms with Crippen LogP contribution in [0.2, 0.25) is 0 Å². The number of rotatable bonds is 53. The first-order chi connectivity index (χ1) is 51.3. The topological polar surface area (TPSA) is 529 Å². The summed E-state index contributed by atoms with van der Waals surface area (Å²) in [5.74, 6) is -9.04. The second-order valence-corrected chi connectivity index (χ2v) is 29.6. The van der Waals surface area contributed by atoms with Crippen molar-refractivity contribution in [1.82, 2.24) is 10.6 Å². The van der Waals surface area contributed by atoms with Gasteiger partial charge in [0.25, 0.3) is 5.79 Å². The maximum atomic E-state index is 13.8. The second-order valence-electron chi connectivity index (χ2n) is 29.6. The van der Waals surface area contributed by atoms with Gasteiger partial charge in [-0.3, -0.25) is 9.59 Å². The lowest BCUT2D eigenvalue weighted by molar-refractivity contribution is -0.406. The van der Waals surface area contributed by atoms with Crippen LogP contribution in [0.5, 0.6) is 0 Å². The lowest BCUT2D eigenvalue weighted by Crippen LogP contribution is -2.71. The first-order valence-electron chi connectivity index (χ1n) is 39.3. The number of carboxylic acid groups (broad SMARTS) is 1. The number of hydrogen-bond donors (Lipinski definition) is 19. The minimum Gasteiger partial charge on any atom is -0.477 e. The summed E-state index contributed by atoms with van der Waals surface area (Å²) in [7, 11) is 0. The molecule has 33 nitrogen and oxygen atoms in total. The molecule has 5 fully saturated rings. The molecule has 0 aromatic heterocycles. The van der Waals surface area contributed by atoms with Gasteiger partial charge in [0.15, 0.2) is 25.2 Å². The lowest BCUT2D eigenvalue weighted by atomic mass is 9.86. The average Bonchev–Trinajstić information content (AvgIpc) is 0.754. The third kappa shape index (κ3) is 29.3. The van der Waals surface area contributed by atoms with Crippen LogP contribution in [0, 0.1) is 5.92 Å². The van der Waals surface area contributed by atoms with Crippen molar-refractivity contribution < 1.29 is 153 Å². The lowest BCUT2D eigenvalue weighted by Gasteiger charge is -2.52. The van der Waals surface area contributed by atoms with Crippen LogP contribution in [0.1, 0.15) is 220 Å². The Hall–Kier alpha value is -3.22. The zero-order valence-electron chi connectivity index (χ0n) is 63.0. The van der Waals surface area contributed by atoms with E-state index in [0.29, 0.717) is 12.8 Å². The summed E-state index contributed by atoms with van der Waals surface area (Å²) in [4.78, 5) is 53.1. The Labute approximate surface area is 628 Å². The van der Waals surface area contributed by atoms with Crippen LogP contribution in [-0.4, -0.2) is 315 Å². The minimum absolute atomic E-state index is 0.148. The highest BCUT2D eigenvalue weighted by Crippen LogP contribution is 2.42. The first-order valence-corrected chi connectivity index (χ1v) is 39.3. The second kappa shape index (κ2) is 50.1. The number of carbonyl (C=O) groups excluding carboxylic acids is 3. The Balaban J connectivity index is 1.39. The quantitative estimate of drug-likeness (QED) is 0.0282. The molecular formula is C74H132N2O31. The Bertz CT molecular complexity index is 2500. The number of hydrogen-bond acceptors (Lipinski definition) is 30. The van der Waals surface area contributed by atoms with Gasteiger partial charge in [0.1, 0.15) is 110 Å². The standard InChI is InChI=1S/C74H132N2O31/c1-5-7-9-11-13-15-17-19-20-22-24-26-28-30-32-34-54(87)76-46(47(84)33-31-29-27-25-23-21-18-16-14-12-10-8-6-2)42-98-70-62(94)60(92)65(52(40-80)101-70)104-72-63(95)68(107-74(73(96)97)36-48(85)55(75-44(4)83)67(106-74)56(88)49(86)37-77)66(53(41-81)102-72)105-69-45(35-43(3)82)64(58(90)51(39-79)99-69)103-71-61(93)59(91)57(89)50(38-78)100-71/h19-20,45-53,55-72,77-81,84-86,88-95H,5-18,21-42H2,1-4H3,(H,75,83)(H,76,87)(H,96,97). The molecule has 0 aliphatic carbocycles. The van der Waals surface area contributed by atoms with Crippen molar-refractivity contribution in [3.63, 3.8) is 0 Å². The summed E-state index contributed by atoms with van der Waals surface area (Å²) < 4.78 is 60.4. The van der Waals surface area contributed by atoms with E-state index in [0.717, 1.165) is 84.5 Å². The Kier molecular flexibility index (Phi) is 44.2. The smallest absolute Gasteiger partial charge is 0.364 e. The maximum Gasteiger partial charge on any atom is 0.364 e. The molecule has 5 aliphatic rings. The Morgan fingerprint density at radius 2 is 0.972 bits per heavy atom. The molecule has 5 rings (SSSR count). The van der Waals surface area contributed by atoms with Gasteiger partial charge < -0.3 is 150 Å². The number of carboxylic acids is 1. The van der Waals surface area contributed by atoms with Gasteiger partial charge >= 0.3 is 5.97 Å². The summed E-state index contributed by atoms with van der Waals surface area (Å²) in [6, 6.07) is -2.81. The highest BCUT2D eigenvalue weighted by Gasteiger charge is 2.62. The summed E-state index contributed by atoms with van der Waals surface area (Å²) in [6.45, 7) is 0.572. The highest BCUT2D eigenvalue weighted by atomic mass is 16.8. The molecule has 0 saturated carbocycles. The number of aliphatic hydroxyl groups is 16. The monoisotopic (exact) mass is 1540 g/mol. The van der Waals surface area contributed by atoms with Crippen LogP contribution in [0.4, 0.5) is 0 Å². The molecule has 107 heavy (non-hydrogen) atoms. The highest BCUT2D eigenvalue weighted by molar-refractivity contribution is 5.77. The van der Waals surface area contributed by atoms with Gasteiger partial charge in [-0.25, -0.2) is 4.79 Å². The van der Waals surface area contributed by atoms with E-state index in [1.807, 2.05) is 0 Å². The Morgan fingerprint density at radius 1 is 0.505 bits per heavy atom. The predicted molar refractivity (Wildman–Crippen MR) is 380 cm³/mol. The van der Waals surface area contributed by atoms with Crippen LogP contribution in [0.3, 0.4) is 0 Å². The van der Waals surface area contributed by atoms with Crippen LogP contribution in [-0.2, 0) is 66.5 Å². The minimum atomic E-state index is -3.36. The number of allylic oxidation sites excluding steroid dienone is 2. The summed E-state index contributed by atoms with van der Waals surface area (Å²) >= 11 is 0. The number of Topliss-reactive ketones (excluding diaryl/α,β-unsaturated/α-hetero) is 1. The average molecular weight is 1550 g/mol. The maximum absolute atomic E-state index is 13.8. The van der Waals surface area contributed by atoms with Gasteiger partial charge in [-0.2, -0.15) is 0 Å². The number of nitrogens with one attached hydrogen (secondary N) is 2. The molecule has 624 valence electrons. The number of aliphatic carboxylic acids is 1. The molecule has 2 amide bonds. The molecule has 0 bridgehead atoms. The van der Waals surface area contributed by atoms with E-state index in [1.54, 1.807) is 0 Å². The van der Waals surface area contributed by atoms with E-state index in [1.165, 1.54) is 83.5 Å². The largest absolute Gasteiger partial charge is 0.477 e. The zero-order chi connectivity index (χ0) is 78.8. The van der Waals surface area contributed by atoms with Crippen molar-refractivity contribution in [1.29, 1.82) is 0 Å². The summed E-state index contributed by atoms with van der Waals surface area (Å²) in [6.07, 6.45) is -17.2. The predicted octanol–water partition coefficient (Wildman–Crippen LogP) is 0.0482. The van der Waals surface area contributed by atoms with Gasteiger partial charge in [-0.15, -0.1) is 0 Å². The van der Waals surface area contributed by atoms with Gasteiger partial charge in [-0.05, 0) is 45.4 Å². The van der Waals surface area contributed by atoms with Gasteiger partial charge in [0, 0.05) is 32.1 Å². The summed E-state index contributed by atoms with van der Waals surface area (Å²) in [5, 5.41) is 195. The van der Waals surface area contributed by atoms with Crippen LogP contribution >= 0.6 is 0 Å². The number of aliphatic hydroxyl groups excluding tert-OH is 16. The fraction of sp³-hybridized carbons (Fsp3) is 0.919. The molecule has 28 atom stereocenters. The SMILES string of the molecule is CCCCCCCCC=CCCCCCCCC(=O)NC(COC1OC(CO)C(OC2OC(CO)C(OC3OC(CO)C(O)C(OC4OC(CO)C(O)C(O)C4O)C3CC(C)=O)C(OC3(C(=O)O)CC(O)C(NC(C)=O)C(C(O)C(O)CO)O3)C2O)C(O)C1O)C(O)CCCCCCCCCCCCCCC. The fourth-order valence-corrected chi connectivity index (χ4v) is 14.6. The Morgan fingerprint density at radius 3 is 1.50 bits per heavy atom. The van der Waals surface area contributed by atoms with Crippen LogP contribution in [0.25, 0.3) is 0 Å². The van der Waals surface area contributed by atoms with E-state index in [2.05, 4.69) is 36.6 Å². The molecule has 33 heteroatoms. The molecule has 5 saturated heterocycles. The van der Waals surface area contributed by atoms with E-state index in [-0.39, 0.29) is 18.7 Å². The van der Waals surface area contributed by atoms with Gasteiger partial charge in [-0.1, -0.05) is 161 Å². The van der Waals surface area contributed by atoms with Gasteiger partial charge in [0.2, 0.25) is 11.8 Å². The van der Waals surface area contributed by atoms with Crippen molar-refractivity contribution in [2.24, 2.45) is 5.92 Å². The molecule has 0 aromatic rings. The molecule has 0 aromatic carbocycles. The normalized spacial score (nSPS) is 34.6. The fourth-order valence-electron chi connectivity index (χ4n) is 14.6. The van der Waals surface area contributed by atoms with Crippen LogP contribution in [0.15, 0.2) is 12.2 Å². The molecule has 0 spiro atoms. The zero-order valence-corrected chi connectivity index (χ0v) is 63.0. The van der Waals surface area contributed by atoms with Crippen LogP contribution < -0.4 is 10.6 Å². The number of ketones is 1. The number of ether oxygens (including phenoxy) is 10. The third-order valence-corrected chi connectivity index (χ3v) is 20.9. The van der Waals surface area contributed by atoms with Crippen molar-refractivity contribution in [2.45, 2.75) is 385 Å². The molecule has 19 N–H and O–H groups in total. The molecular weight excluding hydrogens is 1410 g/mol. The molecule has 0 radical (unpaired) electrons. The van der Waals surface area contributed by atoms with Crippen molar-refractivity contribution in [3.8, 4) is 0 Å². The number of carbonyl (C=O) groups is 4. The third-order valence-electron chi connectivity index (χ3n) is 20.9. The van der Waals surface area contributed by atoms with E-state index in [4.69, 9.17) is 47.4 Å². The molecule has 5 heterocycles. The van der Waals surface area contributed by atoms with Crippen molar-refractivity contribution in [3.05, 3.63) is 12.2 Å². The number of amides is 2. The number of unbranched alkanes of at least 4 members (excludes halogenated alkanes) is 23. The van der Waals surface area contributed by atoms with E-state index in [9.17, 15) is 106 Å². The first kappa shape index (κ1) is 94.4. The van der Waals surface area contributed by atoms with E-state index >= 15 is 0 Å². The van der Waals surface area contributed by atoms with Crippen molar-refractivity contribution in [2.75, 3.05) is 39.6 Å². The van der Waals surface area contributed by atoms with Gasteiger partial charge in [0.05, 0.1) is 70.0 Å². The van der Waals surface area contributed by atoms with Crippen molar-refractivity contribution >= 4 is 23.6 Å². The molecule has 5 aliphatic heterocycles. The molecule has 28 unspecified atom stereocenters. The van der Waals surface area contributed by atoms with E-state index < -0.39 is 241 Å². The summed E-state index contributed by atoms with van der Waals surface area (Å²) in [5.41, 5.74) is 0.